The summed E-state index contributed by atoms with van der Waals surface area (Å²) >= 11 is 0. The molecule has 0 fully saturated rings. The molecule has 0 aliphatic carbocycles. The van der Waals surface area contributed by atoms with E-state index >= 15 is 0 Å². The monoisotopic (exact) mass is 174 g/mol. The maximum Gasteiger partial charge on any atom is 0.303 e. The molecule has 0 N–H and O–H groups in total. The first kappa shape index (κ1) is 11.6. The summed E-state index contributed by atoms with van der Waals surface area (Å²) in [5.41, 5.74) is 0. The minimum atomic E-state index is -1.00. The lowest BCUT2D eigenvalue weighted by molar-refractivity contribution is -0.318. The third kappa shape index (κ3) is 3.34. The topological polar surface area (TPSA) is 27.7 Å². The Kier molecular flexibility index (Phi) is 5.98. The molecular weight excluding hydrogens is 156 g/mol. The highest BCUT2D eigenvalue weighted by molar-refractivity contribution is 4.90. The van der Waals surface area contributed by atoms with Gasteiger partial charge in [-0.3, -0.25) is 0 Å². The van der Waals surface area contributed by atoms with Crippen molar-refractivity contribution in [3.05, 3.63) is 12.2 Å². The number of hydrogen-bond donors (Lipinski definition) is 0. The lowest BCUT2D eigenvalue weighted by Crippen LogP contribution is -2.33. The van der Waals surface area contributed by atoms with Gasteiger partial charge in [0.2, 0.25) is 0 Å². The molecule has 0 aromatic carbocycles. The largest absolute Gasteiger partial charge is 0.327 e. The van der Waals surface area contributed by atoms with E-state index in [4.69, 9.17) is 14.2 Å². The van der Waals surface area contributed by atoms with E-state index in [0.29, 0.717) is 0 Å². The van der Waals surface area contributed by atoms with Crippen molar-refractivity contribution in [2.24, 2.45) is 0 Å². The van der Waals surface area contributed by atoms with Crippen LogP contribution < -0.4 is 0 Å². The third-order valence-corrected chi connectivity index (χ3v) is 1.63. The van der Waals surface area contributed by atoms with Crippen LogP contribution in [-0.2, 0) is 14.2 Å². The Balaban J connectivity index is 4.09. The van der Waals surface area contributed by atoms with Gasteiger partial charge >= 0.3 is 5.97 Å². The lowest BCUT2D eigenvalue weighted by atomic mass is 10.3. The van der Waals surface area contributed by atoms with Crippen molar-refractivity contribution >= 4 is 0 Å². The van der Waals surface area contributed by atoms with Crippen LogP contribution >= 0.6 is 0 Å². The second-order valence-corrected chi connectivity index (χ2v) is 2.41. The molecule has 0 amide bonds. The highest BCUT2D eigenvalue weighted by Crippen LogP contribution is 2.14. The predicted octanol–water partition coefficient (Wildman–Crippen LogP) is 1.94. The van der Waals surface area contributed by atoms with Gasteiger partial charge in [-0.25, -0.2) is 0 Å². The first-order chi connectivity index (χ1) is 5.74. The van der Waals surface area contributed by atoms with Gasteiger partial charge in [-0.1, -0.05) is 19.4 Å². The van der Waals surface area contributed by atoms with Crippen LogP contribution in [0.2, 0.25) is 0 Å². The van der Waals surface area contributed by atoms with E-state index in [1.54, 1.807) is 27.4 Å². The smallest absolute Gasteiger partial charge is 0.303 e. The molecule has 0 radical (unpaired) electrons. The normalized spacial score (nSPS) is 12.7. The molecular formula is C9H18O3. The molecule has 0 saturated heterocycles. The van der Waals surface area contributed by atoms with E-state index in [-0.39, 0.29) is 0 Å². The molecule has 0 bridgehead atoms. The second-order valence-electron chi connectivity index (χ2n) is 2.41. The van der Waals surface area contributed by atoms with Gasteiger partial charge in [-0.15, -0.1) is 0 Å². The molecule has 72 valence electrons. The molecule has 0 unspecified atom stereocenters. The number of methoxy groups -OCH3 is 3. The first-order valence-electron chi connectivity index (χ1n) is 4.07. The van der Waals surface area contributed by atoms with Crippen molar-refractivity contribution in [2.75, 3.05) is 21.3 Å². The van der Waals surface area contributed by atoms with Crippen LogP contribution in [0.15, 0.2) is 12.2 Å². The second kappa shape index (κ2) is 6.17. The highest BCUT2D eigenvalue weighted by atomic mass is 16.9. The number of ether oxygens (including phenoxy) is 3. The van der Waals surface area contributed by atoms with Crippen LogP contribution in [0.5, 0.6) is 0 Å². The van der Waals surface area contributed by atoms with Gasteiger partial charge < -0.3 is 14.2 Å². The van der Waals surface area contributed by atoms with Gasteiger partial charge in [0, 0.05) is 27.4 Å². The summed E-state index contributed by atoms with van der Waals surface area (Å²) in [7, 11) is 4.63. The van der Waals surface area contributed by atoms with Gasteiger partial charge in [0.1, 0.15) is 0 Å². The average molecular weight is 174 g/mol. The Morgan fingerprint density at radius 1 is 1.08 bits per heavy atom. The Labute approximate surface area is 74.3 Å². The number of hydrogen-bond acceptors (Lipinski definition) is 3. The Morgan fingerprint density at radius 2 is 1.58 bits per heavy atom. The molecule has 0 spiro atoms. The molecule has 0 rings (SSSR count). The van der Waals surface area contributed by atoms with Crippen LogP contribution in [0.1, 0.15) is 19.8 Å². The molecule has 0 aliphatic heterocycles. The van der Waals surface area contributed by atoms with Crippen LogP contribution in [0, 0.1) is 0 Å². The molecule has 12 heavy (non-hydrogen) atoms. The Bertz CT molecular complexity index is 119. The predicted molar refractivity (Wildman–Crippen MR) is 47.8 cm³/mol. The van der Waals surface area contributed by atoms with Crippen molar-refractivity contribution in [2.45, 2.75) is 25.7 Å². The zero-order chi connectivity index (χ0) is 9.45. The Morgan fingerprint density at radius 3 is 1.92 bits per heavy atom. The summed E-state index contributed by atoms with van der Waals surface area (Å²) in [6.45, 7) is 2.11. The summed E-state index contributed by atoms with van der Waals surface area (Å²) in [5.74, 6) is -1.00. The molecule has 0 aromatic heterocycles. The zero-order valence-electron chi connectivity index (χ0n) is 8.29. The van der Waals surface area contributed by atoms with Crippen LogP contribution in [0.25, 0.3) is 0 Å². The van der Waals surface area contributed by atoms with E-state index in [1.165, 1.54) is 0 Å². The maximum absolute atomic E-state index is 5.05. The SMILES string of the molecule is CCCC=CC(OC)(OC)OC. The number of allylic oxidation sites excluding steroid dienone is 1. The number of unbranched alkanes of at least 4 members (excludes halogenated alkanes) is 1. The summed E-state index contributed by atoms with van der Waals surface area (Å²) in [6, 6.07) is 0. The van der Waals surface area contributed by atoms with Crippen LogP contribution in [0.4, 0.5) is 0 Å². The van der Waals surface area contributed by atoms with Crippen molar-refractivity contribution in [3.63, 3.8) is 0 Å². The standard InChI is InChI=1S/C9H18O3/c1-5-6-7-8-9(10-2,11-3)12-4/h7-8H,5-6H2,1-4H3. The van der Waals surface area contributed by atoms with Crippen molar-refractivity contribution in [1.29, 1.82) is 0 Å². The molecule has 0 aromatic rings. The summed E-state index contributed by atoms with van der Waals surface area (Å²) in [5, 5.41) is 0. The van der Waals surface area contributed by atoms with Gasteiger partial charge in [-0.05, 0) is 6.42 Å². The fraction of sp³-hybridized carbons (Fsp3) is 0.778. The van der Waals surface area contributed by atoms with Gasteiger partial charge in [-0.2, -0.15) is 0 Å². The molecule has 3 nitrogen and oxygen atoms in total. The average Bonchev–Trinajstić information content (AvgIpc) is 2.14. The van der Waals surface area contributed by atoms with E-state index in [9.17, 15) is 0 Å². The minimum absolute atomic E-state index is 0.998. The highest BCUT2D eigenvalue weighted by Gasteiger charge is 2.24. The van der Waals surface area contributed by atoms with E-state index < -0.39 is 5.97 Å². The molecule has 0 atom stereocenters. The lowest BCUT2D eigenvalue weighted by Gasteiger charge is -2.24. The maximum atomic E-state index is 5.05. The van der Waals surface area contributed by atoms with E-state index in [0.717, 1.165) is 12.8 Å². The molecule has 0 aliphatic rings. The van der Waals surface area contributed by atoms with Gasteiger partial charge in [0.15, 0.2) is 0 Å². The summed E-state index contributed by atoms with van der Waals surface area (Å²) < 4.78 is 15.2. The van der Waals surface area contributed by atoms with Crippen LogP contribution in [0.3, 0.4) is 0 Å². The zero-order valence-corrected chi connectivity index (χ0v) is 8.29. The minimum Gasteiger partial charge on any atom is -0.327 e. The molecule has 0 heterocycles. The van der Waals surface area contributed by atoms with E-state index in [1.807, 2.05) is 6.08 Å². The quantitative estimate of drug-likeness (QED) is 0.455. The third-order valence-electron chi connectivity index (χ3n) is 1.63. The van der Waals surface area contributed by atoms with Crippen molar-refractivity contribution in [3.8, 4) is 0 Å². The van der Waals surface area contributed by atoms with Crippen molar-refractivity contribution in [1.82, 2.24) is 0 Å². The Hall–Kier alpha value is -0.380. The fourth-order valence-electron chi connectivity index (χ4n) is 0.848. The van der Waals surface area contributed by atoms with Gasteiger partial charge in [0.25, 0.3) is 0 Å². The fourth-order valence-corrected chi connectivity index (χ4v) is 0.848. The van der Waals surface area contributed by atoms with Crippen molar-refractivity contribution < 1.29 is 14.2 Å². The summed E-state index contributed by atoms with van der Waals surface area (Å²) in [6.07, 6.45) is 5.86. The van der Waals surface area contributed by atoms with Crippen LogP contribution in [-0.4, -0.2) is 27.3 Å². The molecule has 0 saturated carbocycles. The van der Waals surface area contributed by atoms with E-state index in [2.05, 4.69) is 6.92 Å². The number of rotatable bonds is 6. The van der Waals surface area contributed by atoms with Gasteiger partial charge in [0.05, 0.1) is 0 Å². The molecule has 3 heteroatoms. The summed E-state index contributed by atoms with van der Waals surface area (Å²) in [4.78, 5) is 0. The first-order valence-corrected chi connectivity index (χ1v) is 4.07.